The summed E-state index contributed by atoms with van der Waals surface area (Å²) in [5.41, 5.74) is 6.61. The van der Waals surface area contributed by atoms with Gasteiger partial charge in [-0.15, -0.1) is 0 Å². The van der Waals surface area contributed by atoms with E-state index in [4.69, 9.17) is 10.5 Å². The second kappa shape index (κ2) is 10.1. The summed E-state index contributed by atoms with van der Waals surface area (Å²) in [4.78, 5) is 23.5. The Morgan fingerprint density at radius 3 is 2.10 bits per heavy atom. The van der Waals surface area contributed by atoms with Gasteiger partial charge in [0.25, 0.3) is 5.92 Å². The fraction of sp³-hybridized carbons (Fsp3) is 0.333. The number of hydrogen-bond donors (Lipinski definition) is 3. The normalized spacial score (nSPS) is 14.5. The minimum atomic E-state index is -3.95. The zero-order valence-corrected chi connectivity index (χ0v) is 15.9. The highest BCUT2D eigenvalue weighted by Crippen LogP contribution is 2.26. The van der Waals surface area contributed by atoms with Gasteiger partial charge in [0.2, 0.25) is 0 Å². The van der Waals surface area contributed by atoms with E-state index in [-0.39, 0.29) is 13.0 Å². The molecular weight excluding hydrogens is 382 g/mol. The number of nitrogens with one attached hydrogen (secondary N) is 1. The van der Waals surface area contributed by atoms with Gasteiger partial charge in [0.1, 0.15) is 18.8 Å². The summed E-state index contributed by atoms with van der Waals surface area (Å²) in [6.45, 7) is 0.850. The molecule has 0 aliphatic heterocycles. The molecule has 0 saturated carbocycles. The van der Waals surface area contributed by atoms with Crippen LogP contribution in [0.4, 0.5) is 13.6 Å². The SMILES string of the molecule is CC(=O)C(N)C(F)(F)C(O)C(Cc1ccccc1)NC(=O)OCc1ccccc1. The summed E-state index contributed by atoms with van der Waals surface area (Å²) in [5, 5.41) is 12.6. The first-order chi connectivity index (χ1) is 13.7. The van der Waals surface area contributed by atoms with Crippen LogP contribution < -0.4 is 11.1 Å². The quantitative estimate of drug-likeness (QED) is 0.594. The summed E-state index contributed by atoms with van der Waals surface area (Å²) in [7, 11) is 0. The maximum atomic E-state index is 14.5. The first kappa shape index (κ1) is 22.4. The number of amides is 1. The number of hydrogen-bond acceptors (Lipinski definition) is 5. The molecule has 0 heterocycles. The number of carbonyl (C=O) groups is 2. The van der Waals surface area contributed by atoms with Crippen LogP contribution in [0.15, 0.2) is 60.7 Å². The van der Waals surface area contributed by atoms with Gasteiger partial charge in [0.15, 0.2) is 5.78 Å². The molecular formula is C21H24F2N2O4. The predicted octanol–water partition coefficient (Wildman–Crippen LogP) is 2.44. The molecule has 29 heavy (non-hydrogen) atoms. The van der Waals surface area contributed by atoms with Crippen molar-refractivity contribution in [1.29, 1.82) is 0 Å². The summed E-state index contributed by atoms with van der Waals surface area (Å²) in [6.07, 6.45) is -3.48. The number of Topliss-reactive ketones (excluding diaryl/α,β-unsaturated/α-hetero) is 1. The van der Waals surface area contributed by atoms with Crippen molar-refractivity contribution in [2.45, 2.75) is 44.1 Å². The second-order valence-electron chi connectivity index (χ2n) is 6.71. The summed E-state index contributed by atoms with van der Waals surface area (Å²) in [6, 6.07) is 13.7. The van der Waals surface area contributed by atoms with E-state index >= 15 is 0 Å². The van der Waals surface area contributed by atoms with Crippen LogP contribution in [0, 0.1) is 0 Å². The van der Waals surface area contributed by atoms with Crippen LogP contribution in [-0.2, 0) is 22.6 Å². The van der Waals surface area contributed by atoms with E-state index in [2.05, 4.69) is 5.32 Å². The lowest BCUT2D eigenvalue weighted by Crippen LogP contribution is -2.60. The van der Waals surface area contributed by atoms with Gasteiger partial charge < -0.3 is 20.9 Å². The van der Waals surface area contributed by atoms with Crippen LogP contribution in [0.1, 0.15) is 18.1 Å². The molecule has 1 amide bonds. The van der Waals surface area contributed by atoms with Gasteiger partial charge in [-0.05, 0) is 24.5 Å². The van der Waals surface area contributed by atoms with Crippen molar-refractivity contribution < 1.29 is 28.2 Å². The Hall–Kier alpha value is -2.84. The van der Waals surface area contributed by atoms with Crippen LogP contribution in [0.2, 0.25) is 0 Å². The van der Waals surface area contributed by atoms with Crippen molar-refractivity contribution >= 4 is 11.9 Å². The second-order valence-corrected chi connectivity index (χ2v) is 6.71. The number of aliphatic hydroxyl groups excluding tert-OH is 1. The molecule has 0 spiro atoms. The van der Waals surface area contributed by atoms with Crippen molar-refractivity contribution in [1.82, 2.24) is 5.32 Å². The van der Waals surface area contributed by atoms with Gasteiger partial charge in [0, 0.05) is 0 Å². The van der Waals surface area contributed by atoms with E-state index in [9.17, 15) is 23.5 Å². The molecule has 8 heteroatoms. The minimum absolute atomic E-state index is 0.0653. The van der Waals surface area contributed by atoms with Crippen LogP contribution in [0.25, 0.3) is 0 Å². The van der Waals surface area contributed by atoms with Crippen molar-refractivity contribution in [3.05, 3.63) is 71.8 Å². The molecule has 0 fully saturated rings. The molecule has 0 aromatic heterocycles. The van der Waals surface area contributed by atoms with Crippen molar-refractivity contribution in [2.75, 3.05) is 0 Å². The van der Waals surface area contributed by atoms with E-state index in [0.29, 0.717) is 11.1 Å². The maximum absolute atomic E-state index is 14.5. The molecule has 0 aliphatic carbocycles. The number of carbonyl (C=O) groups excluding carboxylic acids is 2. The average Bonchev–Trinajstić information content (AvgIpc) is 2.72. The Morgan fingerprint density at radius 2 is 1.59 bits per heavy atom. The van der Waals surface area contributed by atoms with E-state index in [1.807, 2.05) is 0 Å². The highest BCUT2D eigenvalue weighted by atomic mass is 19.3. The van der Waals surface area contributed by atoms with Crippen molar-refractivity contribution in [3.63, 3.8) is 0 Å². The molecule has 0 bridgehead atoms. The molecule has 3 atom stereocenters. The molecule has 0 radical (unpaired) electrons. The maximum Gasteiger partial charge on any atom is 0.407 e. The van der Waals surface area contributed by atoms with Gasteiger partial charge in [-0.3, -0.25) is 4.79 Å². The van der Waals surface area contributed by atoms with E-state index in [0.717, 1.165) is 6.92 Å². The zero-order chi connectivity index (χ0) is 21.4. The molecule has 3 unspecified atom stereocenters. The molecule has 2 rings (SSSR count). The Balaban J connectivity index is 2.13. The monoisotopic (exact) mass is 406 g/mol. The van der Waals surface area contributed by atoms with Crippen molar-refractivity contribution in [3.8, 4) is 0 Å². The number of alkyl halides is 2. The van der Waals surface area contributed by atoms with Crippen molar-refractivity contribution in [2.24, 2.45) is 5.73 Å². The molecule has 6 nitrogen and oxygen atoms in total. The first-order valence-corrected chi connectivity index (χ1v) is 9.05. The fourth-order valence-electron chi connectivity index (χ4n) is 2.75. The summed E-state index contributed by atoms with van der Waals surface area (Å²) in [5.74, 6) is -4.92. The highest BCUT2D eigenvalue weighted by Gasteiger charge is 2.50. The lowest BCUT2D eigenvalue weighted by atomic mass is 9.92. The zero-order valence-electron chi connectivity index (χ0n) is 15.9. The first-order valence-electron chi connectivity index (χ1n) is 9.05. The Kier molecular flexibility index (Phi) is 7.81. The number of nitrogens with two attached hydrogens (primary N) is 1. The number of ether oxygens (including phenoxy) is 1. The Morgan fingerprint density at radius 1 is 1.07 bits per heavy atom. The fourth-order valence-corrected chi connectivity index (χ4v) is 2.75. The number of aliphatic hydroxyl groups is 1. The minimum Gasteiger partial charge on any atom is -0.445 e. The molecule has 2 aromatic rings. The van der Waals surface area contributed by atoms with Gasteiger partial charge >= 0.3 is 6.09 Å². The summed E-state index contributed by atoms with van der Waals surface area (Å²) >= 11 is 0. The number of ketones is 1. The van der Waals surface area contributed by atoms with Gasteiger partial charge in [-0.1, -0.05) is 60.7 Å². The molecule has 156 valence electrons. The third kappa shape index (κ3) is 6.33. The summed E-state index contributed by atoms with van der Waals surface area (Å²) < 4.78 is 34.1. The van der Waals surface area contributed by atoms with Crippen LogP contribution in [-0.4, -0.2) is 41.1 Å². The van der Waals surface area contributed by atoms with Crippen LogP contribution in [0.5, 0.6) is 0 Å². The van der Waals surface area contributed by atoms with Gasteiger partial charge in [-0.2, -0.15) is 0 Å². The van der Waals surface area contributed by atoms with E-state index in [1.54, 1.807) is 60.7 Å². The third-order valence-corrected chi connectivity index (χ3v) is 4.44. The van der Waals surface area contributed by atoms with Crippen LogP contribution >= 0.6 is 0 Å². The predicted molar refractivity (Wildman–Crippen MR) is 103 cm³/mol. The number of rotatable bonds is 9. The number of halogens is 2. The lowest BCUT2D eigenvalue weighted by molar-refractivity contribution is -0.151. The van der Waals surface area contributed by atoms with E-state index in [1.165, 1.54) is 0 Å². The standard InChI is InChI=1S/C21H24F2N2O4/c1-14(26)18(24)21(22,23)19(27)17(12-15-8-4-2-5-9-15)25-20(28)29-13-16-10-6-3-7-11-16/h2-11,17-19,27H,12-13,24H2,1H3,(H,25,28). The lowest BCUT2D eigenvalue weighted by Gasteiger charge is -2.32. The van der Waals surface area contributed by atoms with E-state index < -0.39 is 36.0 Å². The topological polar surface area (TPSA) is 102 Å². The number of alkyl carbamates (subject to hydrolysis) is 1. The smallest absolute Gasteiger partial charge is 0.407 e. The number of benzene rings is 2. The highest BCUT2D eigenvalue weighted by molar-refractivity contribution is 5.82. The van der Waals surface area contributed by atoms with Gasteiger partial charge in [-0.25, -0.2) is 13.6 Å². The molecule has 0 aliphatic rings. The molecule has 0 saturated heterocycles. The van der Waals surface area contributed by atoms with Crippen LogP contribution in [0.3, 0.4) is 0 Å². The molecule has 4 N–H and O–H groups in total. The average molecular weight is 406 g/mol. The Labute approximate surface area is 167 Å². The molecule has 2 aromatic carbocycles. The van der Waals surface area contributed by atoms with Gasteiger partial charge in [0.05, 0.1) is 6.04 Å². The Bertz CT molecular complexity index is 803. The largest absolute Gasteiger partial charge is 0.445 e. The third-order valence-electron chi connectivity index (χ3n) is 4.44.